The van der Waals surface area contributed by atoms with E-state index in [9.17, 15) is 0 Å². The molecular weight excluding hydrogens is 278 g/mol. The minimum Gasteiger partial charge on any atom is -0.490 e. The lowest BCUT2D eigenvalue weighted by atomic mass is 10.2. The van der Waals surface area contributed by atoms with Crippen molar-refractivity contribution in [2.75, 3.05) is 32.8 Å². The van der Waals surface area contributed by atoms with Gasteiger partial charge < -0.3 is 14.2 Å². The average Bonchev–Trinajstić information content (AvgIpc) is 2.49. The van der Waals surface area contributed by atoms with E-state index in [1.165, 1.54) is 0 Å². The third kappa shape index (κ3) is 5.35. The molecule has 1 aliphatic heterocycles. The van der Waals surface area contributed by atoms with Crippen LogP contribution in [-0.4, -0.2) is 50.0 Å². The Hall–Kier alpha value is -1.52. The molecule has 0 bridgehead atoms. The fourth-order valence-corrected chi connectivity index (χ4v) is 2.77. The molecule has 1 fully saturated rings. The van der Waals surface area contributed by atoms with Crippen molar-refractivity contribution in [2.45, 2.75) is 32.5 Å². The van der Waals surface area contributed by atoms with Gasteiger partial charge in [-0.2, -0.15) is 0 Å². The van der Waals surface area contributed by atoms with Crippen molar-refractivity contribution in [3.05, 3.63) is 36.9 Å². The van der Waals surface area contributed by atoms with Gasteiger partial charge in [0.15, 0.2) is 11.5 Å². The Balaban J connectivity index is 1.73. The van der Waals surface area contributed by atoms with Crippen LogP contribution < -0.4 is 9.47 Å². The maximum atomic E-state index is 5.86. The van der Waals surface area contributed by atoms with Crippen LogP contribution in [0.2, 0.25) is 0 Å². The predicted molar refractivity (Wildman–Crippen MR) is 88.7 cm³/mol. The third-order valence-electron chi connectivity index (χ3n) is 3.58. The van der Waals surface area contributed by atoms with Crippen LogP contribution >= 0.6 is 0 Å². The molecule has 0 N–H and O–H groups in total. The van der Waals surface area contributed by atoms with Crippen LogP contribution in [0.15, 0.2) is 36.9 Å². The van der Waals surface area contributed by atoms with Gasteiger partial charge in [-0.3, -0.25) is 4.90 Å². The van der Waals surface area contributed by atoms with Crippen molar-refractivity contribution in [1.82, 2.24) is 4.90 Å². The van der Waals surface area contributed by atoms with E-state index < -0.39 is 0 Å². The van der Waals surface area contributed by atoms with Crippen LogP contribution in [0.25, 0.3) is 0 Å². The highest BCUT2D eigenvalue weighted by Crippen LogP contribution is 2.26. The molecule has 1 aliphatic rings. The first-order chi connectivity index (χ1) is 10.7. The molecule has 0 aromatic heterocycles. The number of para-hydroxylation sites is 2. The quantitative estimate of drug-likeness (QED) is 0.545. The number of rotatable bonds is 8. The van der Waals surface area contributed by atoms with Gasteiger partial charge in [0.2, 0.25) is 0 Å². The Morgan fingerprint density at radius 3 is 2.45 bits per heavy atom. The Kier molecular flexibility index (Phi) is 6.74. The summed E-state index contributed by atoms with van der Waals surface area (Å²) in [5.41, 5.74) is 0. The summed E-state index contributed by atoms with van der Waals surface area (Å²) in [6.07, 6.45) is 3.36. The van der Waals surface area contributed by atoms with Gasteiger partial charge in [0.25, 0.3) is 0 Å². The van der Waals surface area contributed by atoms with E-state index in [-0.39, 0.29) is 0 Å². The van der Waals surface area contributed by atoms with E-state index >= 15 is 0 Å². The first kappa shape index (κ1) is 16.8. The monoisotopic (exact) mass is 305 g/mol. The van der Waals surface area contributed by atoms with E-state index in [2.05, 4.69) is 25.3 Å². The summed E-state index contributed by atoms with van der Waals surface area (Å²) in [5.74, 6) is 1.57. The average molecular weight is 305 g/mol. The maximum absolute atomic E-state index is 5.86. The second-order valence-electron chi connectivity index (χ2n) is 5.77. The fraction of sp³-hybridized carbons (Fsp3) is 0.556. The van der Waals surface area contributed by atoms with Crippen LogP contribution in [0.4, 0.5) is 0 Å². The third-order valence-corrected chi connectivity index (χ3v) is 3.58. The van der Waals surface area contributed by atoms with Crippen molar-refractivity contribution in [3.8, 4) is 11.5 Å². The molecule has 2 rings (SSSR count). The highest BCUT2D eigenvalue weighted by atomic mass is 16.5. The number of benzene rings is 1. The summed E-state index contributed by atoms with van der Waals surface area (Å²) in [7, 11) is 0. The van der Waals surface area contributed by atoms with E-state index in [1.54, 1.807) is 6.08 Å². The lowest BCUT2D eigenvalue weighted by Crippen LogP contribution is -2.45. The number of hydrogen-bond acceptors (Lipinski definition) is 4. The minimum atomic E-state index is 0.317. The molecule has 1 saturated heterocycles. The first-order valence-electron chi connectivity index (χ1n) is 8.02. The van der Waals surface area contributed by atoms with Crippen molar-refractivity contribution >= 4 is 0 Å². The first-order valence-corrected chi connectivity index (χ1v) is 8.02. The smallest absolute Gasteiger partial charge is 0.161 e. The van der Waals surface area contributed by atoms with Crippen LogP contribution in [0.3, 0.4) is 0 Å². The van der Waals surface area contributed by atoms with E-state index in [0.717, 1.165) is 37.6 Å². The van der Waals surface area contributed by atoms with Gasteiger partial charge >= 0.3 is 0 Å². The molecular formula is C18H27NO3. The van der Waals surface area contributed by atoms with Gasteiger partial charge in [-0.25, -0.2) is 0 Å². The standard InChI is InChI=1S/C18H27NO3/c1-4-11-20-17-8-5-6-9-18(17)21-12-7-10-19-13-15(2)22-16(3)14-19/h4-6,8-9,15-16H,1,7,10-14H2,2-3H3/t15-,16+. The zero-order chi connectivity index (χ0) is 15.8. The second-order valence-corrected chi connectivity index (χ2v) is 5.77. The van der Waals surface area contributed by atoms with E-state index in [4.69, 9.17) is 14.2 Å². The Morgan fingerprint density at radius 2 is 1.82 bits per heavy atom. The fourth-order valence-electron chi connectivity index (χ4n) is 2.77. The van der Waals surface area contributed by atoms with Gasteiger partial charge in [-0.05, 0) is 32.4 Å². The lowest BCUT2D eigenvalue weighted by Gasteiger charge is -2.35. The van der Waals surface area contributed by atoms with Crippen molar-refractivity contribution < 1.29 is 14.2 Å². The van der Waals surface area contributed by atoms with Crippen LogP contribution in [-0.2, 0) is 4.74 Å². The molecule has 0 amide bonds. The molecule has 122 valence electrons. The maximum Gasteiger partial charge on any atom is 0.161 e. The summed E-state index contributed by atoms with van der Waals surface area (Å²) in [6, 6.07) is 7.77. The molecule has 4 heteroatoms. The summed E-state index contributed by atoms with van der Waals surface area (Å²) >= 11 is 0. The second kappa shape index (κ2) is 8.81. The normalized spacial score (nSPS) is 22.3. The van der Waals surface area contributed by atoms with Gasteiger partial charge in [0.05, 0.1) is 18.8 Å². The zero-order valence-electron chi connectivity index (χ0n) is 13.7. The predicted octanol–water partition coefficient (Wildman–Crippen LogP) is 3.13. The molecule has 22 heavy (non-hydrogen) atoms. The Morgan fingerprint density at radius 1 is 1.18 bits per heavy atom. The van der Waals surface area contributed by atoms with Gasteiger partial charge in [0, 0.05) is 19.6 Å². The largest absolute Gasteiger partial charge is 0.490 e. The molecule has 4 nitrogen and oxygen atoms in total. The number of morpholine rings is 1. The molecule has 0 saturated carbocycles. The summed E-state index contributed by atoms with van der Waals surface area (Å²) in [6.45, 7) is 12.1. The van der Waals surface area contributed by atoms with Crippen LogP contribution in [0.5, 0.6) is 11.5 Å². The molecule has 1 aromatic rings. The van der Waals surface area contributed by atoms with Gasteiger partial charge in [-0.1, -0.05) is 24.8 Å². The highest BCUT2D eigenvalue weighted by molar-refractivity contribution is 5.39. The summed E-state index contributed by atoms with van der Waals surface area (Å²) < 4.78 is 17.2. The topological polar surface area (TPSA) is 30.9 Å². The van der Waals surface area contributed by atoms with Gasteiger partial charge in [0.1, 0.15) is 6.61 Å². The molecule has 1 heterocycles. The minimum absolute atomic E-state index is 0.317. The van der Waals surface area contributed by atoms with Crippen molar-refractivity contribution in [2.24, 2.45) is 0 Å². The zero-order valence-corrected chi connectivity index (χ0v) is 13.7. The summed E-state index contributed by atoms with van der Waals surface area (Å²) in [5, 5.41) is 0. The van der Waals surface area contributed by atoms with E-state index in [1.807, 2.05) is 24.3 Å². The molecule has 0 radical (unpaired) electrons. The number of ether oxygens (including phenoxy) is 3. The lowest BCUT2D eigenvalue weighted by molar-refractivity contribution is -0.0686. The van der Waals surface area contributed by atoms with Crippen molar-refractivity contribution in [3.63, 3.8) is 0 Å². The molecule has 0 aliphatic carbocycles. The van der Waals surface area contributed by atoms with Crippen LogP contribution in [0, 0.1) is 0 Å². The Bertz CT molecular complexity index is 453. The van der Waals surface area contributed by atoms with Gasteiger partial charge in [-0.15, -0.1) is 0 Å². The summed E-state index contributed by atoms with van der Waals surface area (Å²) in [4.78, 5) is 2.45. The molecule has 2 atom stereocenters. The molecule has 0 unspecified atom stereocenters. The van der Waals surface area contributed by atoms with Crippen LogP contribution in [0.1, 0.15) is 20.3 Å². The molecule has 1 aromatic carbocycles. The van der Waals surface area contributed by atoms with E-state index in [0.29, 0.717) is 25.4 Å². The van der Waals surface area contributed by atoms with Crippen molar-refractivity contribution in [1.29, 1.82) is 0 Å². The SMILES string of the molecule is C=CCOc1ccccc1OCCCN1C[C@@H](C)O[C@@H](C)C1. The Labute approximate surface area is 133 Å². The molecule has 0 spiro atoms. The number of nitrogens with zero attached hydrogens (tertiary/aromatic N) is 1. The highest BCUT2D eigenvalue weighted by Gasteiger charge is 2.21. The number of hydrogen-bond donors (Lipinski definition) is 0.